The number of nitrogens with one attached hydrogen (secondary N) is 1. The molecule has 3 N–H and O–H groups in total. The Hall–Kier alpha value is -2.73. The van der Waals surface area contributed by atoms with Gasteiger partial charge >= 0.3 is 6.18 Å². The summed E-state index contributed by atoms with van der Waals surface area (Å²) in [6, 6.07) is 1.64. The molecule has 0 radical (unpaired) electrons. The monoisotopic (exact) mass is 460 g/mol. The number of nitrogens with two attached hydrogens (primary N) is 1. The van der Waals surface area contributed by atoms with E-state index in [4.69, 9.17) is 10.5 Å². The maximum atomic E-state index is 14.6. The summed E-state index contributed by atoms with van der Waals surface area (Å²) in [6.07, 6.45) is -2.41. The number of hydrogen-bond acceptors (Lipinski definition) is 5. The van der Waals surface area contributed by atoms with Crippen LogP contribution in [0.2, 0.25) is 0 Å². The number of ether oxygens (including phenoxy) is 1. The van der Waals surface area contributed by atoms with Crippen LogP contribution in [0.25, 0.3) is 0 Å². The minimum absolute atomic E-state index is 0.0749. The molecule has 2 fully saturated rings. The zero-order valence-electron chi connectivity index (χ0n) is 17.2. The third-order valence-electron chi connectivity index (χ3n) is 5.49. The van der Waals surface area contributed by atoms with Crippen molar-refractivity contribution in [2.45, 2.75) is 31.5 Å². The molecule has 1 aromatic carbocycles. The van der Waals surface area contributed by atoms with Crippen molar-refractivity contribution in [1.82, 2.24) is 4.90 Å². The van der Waals surface area contributed by atoms with Crippen LogP contribution < -0.4 is 16.0 Å². The van der Waals surface area contributed by atoms with E-state index in [0.717, 1.165) is 12.5 Å². The third kappa shape index (κ3) is 5.94. The SMILES string of the molecule is NC(=O)[C@@H](C(=O)Nc1ccc(N2CCOCC2=O)cc1F)N(CC1CCC1)CC(F)(F)F. The number of carbonyl (C=O) groups is 3. The van der Waals surface area contributed by atoms with E-state index in [2.05, 4.69) is 5.32 Å². The fourth-order valence-electron chi connectivity index (χ4n) is 3.74. The molecular weight excluding hydrogens is 436 g/mol. The average Bonchev–Trinajstić information content (AvgIpc) is 2.65. The highest BCUT2D eigenvalue weighted by atomic mass is 19.4. The quantitative estimate of drug-likeness (QED) is 0.454. The highest BCUT2D eigenvalue weighted by Crippen LogP contribution is 2.30. The van der Waals surface area contributed by atoms with Gasteiger partial charge in [0, 0.05) is 18.8 Å². The van der Waals surface area contributed by atoms with Gasteiger partial charge in [0.2, 0.25) is 5.91 Å². The summed E-state index contributed by atoms with van der Waals surface area (Å²) in [4.78, 5) is 38.5. The second-order valence-electron chi connectivity index (χ2n) is 7.90. The Labute approximate surface area is 181 Å². The molecule has 1 aliphatic carbocycles. The van der Waals surface area contributed by atoms with E-state index in [-0.39, 0.29) is 49.5 Å². The van der Waals surface area contributed by atoms with Gasteiger partial charge in [-0.05, 0) is 37.0 Å². The standard InChI is InChI=1S/C20H24F4N4O4/c21-14-8-13(28-6-7-32-10-16(28)29)4-5-15(14)26-19(31)17(18(25)30)27(11-20(22,23)24)9-12-2-1-3-12/h4-5,8,12,17H,1-3,6-7,9-11H2,(H2,25,30)(H,26,31)/t17-/m0/s1. The predicted molar refractivity (Wildman–Crippen MR) is 106 cm³/mol. The van der Waals surface area contributed by atoms with Crippen molar-refractivity contribution < 1.29 is 36.7 Å². The summed E-state index contributed by atoms with van der Waals surface area (Å²) in [7, 11) is 0. The molecule has 1 saturated heterocycles. The fourth-order valence-corrected chi connectivity index (χ4v) is 3.74. The molecule has 8 nitrogen and oxygen atoms in total. The van der Waals surface area contributed by atoms with E-state index in [1.54, 1.807) is 0 Å². The van der Waals surface area contributed by atoms with Crippen LogP contribution in [0.15, 0.2) is 18.2 Å². The van der Waals surface area contributed by atoms with E-state index in [0.29, 0.717) is 17.7 Å². The molecule has 3 rings (SSSR count). The molecule has 1 heterocycles. The van der Waals surface area contributed by atoms with Crippen LogP contribution in [0, 0.1) is 11.7 Å². The number of rotatable bonds is 8. The van der Waals surface area contributed by atoms with Crippen molar-refractivity contribution in [3.05, 3.63) is 24.0 Å². The first kappa shape index (κ1) is 23.9. The maximum absolute atomic E-state index is 14.6. The lowest BCUT2D eigenvalue weighted by Crippen LogP contribution is -2.56. The van der Waals surface area contributed by atoms with E-state index in [1.807, 2.05) is 0 Å². The first-order valence-electron chi connectivity index (χ1n) is 10.1. The Balaban J connectivity index is 1.77. The van der Waals surface area contributed by atoms with Crippen LogP contribution in [0.4, 0.5) is 28.9 Å². The minimum Gasteiger partial charge on any atom is -0.370 e. The van der Waals surface area contributed by atoms with Crippen molar-refractivity contribution >= 4 is 29.1 Å². The molecule has 0 unspecified atom stereocenters. The Kier molecular flexibility index (Phi) is 7.34. The molecule has 32 heavy (non-hydrogen) atoms. The summed E-state index contributed by atoms with van der Waals surface area (Å²) in [5.74, 6) is -3.77. The van der Waals surface area contributed by atoms with Gasteiger partial charge in [-0.15, -0.1) is 0 Å². The molecule has 176 valence electrons. The predicted octanol–water partition coefficient (Wildman–Crippen LogP) is 1.65. The second kappa shape index (κ2) is 9.82. The first-order chi connectivity index (χ1) is 15.0. The number of carbonyl (C=O) groups excluding carboxylic acids is 3. The van der Waals surface area contributed by atoms with Gasteiger partial charge in [0.25, 0.3) is 11.8 Å². The van der Waals surface area contributed by atoms with Crippen LogP contribution in [0.1, 0.15) is 19.3 Å². The topological polar surface area (TPSA) is 105 Å². The highest BCUT2D eigenvalue weighted by Gasteiger charge is 2.41. The molecule has 1 aliphatic heterocycles. The van der Waals surface area contributed by atoms with Crippen molar-refractivity contribution in [1.29, 1.82) is 0 Å². The smallest absolute Gasteiger partial charge is 0.370 e. The molecule has 1 atom stereocenters. The summed E-state index contributed by atoms with van der Waals surface area (Å²) >= 11 is 0. The zero-order valence-corrected chi connectivity index (χ0v) is 17.2. The van der Waals surface area contributed by atoms with Gasteiger partial charge < -0.3 is 20.7 Å². The first-order valence-corrected chi connectivity index (χ1v) is 10.1. The summed E-state index contributed by atoms with van der Waals surface area (Å²) in [6.45, 7) is -1.26. The number of amides is 3. The van der Waals surface area contributed by atoms with E-state index < -0.39 is 36.4 Å². The van der Waals surface area contributed by atoms with E-state index in [9.17, 15) is 31.9 Å². The van der Waals surface area contributed by atoms with Gasteiger partial charge in [0.1, 0.15) is 12.4 Å². The van der Waals surface area contributed by atoms with Crippen molar-refractivity contribution in [2.24, 2.45) is 11.7 Å². The van der Waals surface area contributed by atoms with Gasteiger partial charge in [-0.1, -0.05) is 6.42 Å². The maximum Gasteiger partial charge on any atom is 0.401 e. The number of morpholine rings is 1. The molecule has 0 aromatic heterocycles. The Morgan fingerprint density at radius 2 is 2.03 bits per heavy atom. The van der Waals surface area contributed by atoms with E-state index in [1.165, 1.54) is 17.0 Å². The molecule has 12 heteroatoms. The number of hydrogen-bond donors (Lipinski definition) is 2. The Morgan fingerprint density at radius 1 is 1.31 bits per heavy atom. The lowest BCUT2D eigenvalue weighted by Gasteiger charge is -2.35. The van der Waals surface area contributed by atoms with Gasteiger partial charge in [-0.2, -0.15) is 13.2 Å². The summed E-state index contributed by atoms with van der Waals surface area (Å²) in [5.41, 5.74) is 5.16. The van der Waals surface area contributed by atoms with Crippen LogP contribution >= 0.6 is 0 Å². The Morgan fingerprint density at radius 3 is 2.56 bits per heavy atom. The fraction of sp³-hybridized carbons (Fsp3) is 0.550. The van der Waals surface area contributed by atoms with Crippen molar-refractivity contribution in [3.8, 4) is 0 Å². The van der Waals surface area contributed by atoms with E-state index >= 15 is 0 Å². The molecule has 0 spiro atoms. The third-order valence-corrected chi connectivity index (χ3v) is 5.49. The van der Waals surface area contributed by atoms with Crippen LogP contribution in [-0.2, 0) is 19.1 Å². The second-order valence-corrected chi connectivity index (χ2v) is 7.90. The molecule has 0 bridgehead atoms. The largest absolute Gasteiger partial charge is 0.401 e. The summed E-state index contributed by atoms with van der Waals surface area (Å²) < 4.78 is 58.9. The lowest BCUT2D eigenvalue weighted by molar-refractivity contribution is -0.159. The molecule has 3 amide bonds. The number of anilines is 2. The number of benzene rings is 1. The summed E-state index contributed by atoms with van der Waals surface area (Å²) in [5, 5.41) is 2.16. The number of halogens is 4. The highest BCUT2D eigenvalue weighted by molar-refractivity contribution is 6.09. The van der Waals surface area contributed by atoms with Gasteiger partial charge in [-0.3, -0.25) is 19.3 Å². The molecule has 1 aromatic rings. The number of primary amides is 1. The minimum atomic E-state index is -4.66. The van der Waals surface area contributed by atoms with Gasteiger partial charge in [0.15, 0.2) is 6.04 Å². The van der Waals surface area contributed by atoms with Crippen molar-refractivity contribution in [2.75, 3.05) is 43.1 Å². The molecule has 1 saturated carbocycles. The van der Waals surface area contributed by atoms with Crippen LogP contribution in [0.3, 0.4) is 0 Å². The van der Waals surface area contributed by atoms with Gasteiger partial charge in [-0.25, -0.2) is 4.39 Å². The molecular formula is C20H24F4N4O4. The van der Waals surface area contributed by atoms with Crippen molar-refractivity contribution in [3.63, 3.8) is 0 Å². The van der Waals surface area contributed by atoms with Crippen LogP contribution in [-0.4, -0.2) is 67.7 Å². The van der Waals surface area contributed by atoms with Gasteiger partial charge in [0.05, 0.1) is 18.8 Å². The zero-order chi connectivity index (χ0) is 23.5. The number of alkyl halides is 3. The number of nitrogens with zero attached hydrogens (tertiary/aromatic N) is 2. The lowest BCUT2D eigenvalue weighted by atomic mass is 9.84. The Bertz CT molecular complexity index is 876. The average molecular weight is 460 g/mol. The van der Waals surface area contributed by atoms with Crippen LogP contribution in [0.5, 0.6) is 0 Å². The molecule has 2 aliphatic rings. The normalized spacial score (nSPS) is 18.4.